The van der Waals surface area contributed by atoms with Crippen molar-refractivity contribution in [2.75, 3.05) is 6.54 Å². The van der Waals surface area contributed by atoms with Gasteiger partial charge in [-0.3, -0.25) is 10.00 Å². The number of H-pyrrole nitrogens is 1. The predicted molar refractivity (Wildman–Crippen MR) is 96.2 cm³/mol. The number of rotatable bonds is 5. The van der Waals surface area contributed by atoms with E-state index < -0.39 is 0 Å². The van der Waals surface area contributed by atoms with Gasteiger partial charge in [-0.2, -0.15) is 16.4 Å². The fourth-order valence-corrected chi connectivity index (χ4v) is 3.90. The number of aromatic nitrogens is 2. The molecule has 0 saturated carbocycles. The van der Waals surface area contributed by atoms with Crippen molar-refractivity contribution in [2.45, 2.75) is 32.5 Å². The minimum atomic E-state index is -0.0616. The second kappa shape index (κ2) is 6.79. The van der Waals surface area contributed by atoms with Crippen molar-refractivity contribution >= 4 is 11.3 Å². The Kier molecular flexibility index (Phi) is 4.36. The number of nitrogens with zero attached hydrogens (tertiary/aromatic N) is 2. The molecule has 3 aromatic rings. The molecule has 5 heteroatoms. The van der Waals surface area contributed by atoms with E-state index in [4.69, 9.17) is 4.74 Å². The number of aromatic amines is 1. The predicted octanol–water partition coefficient (Wildman–Crippen LogP) is 4.17. The van der Waals surface area contributed by atoms with Gasteiger partial charge in [0.15, 0.2) is 0 Å². The van der Waals surface area contributed by atoms with E-state index in [1.54, 1.807) is 11.3 Å². The summed E-state index contributed by atoms with van der Waals surface area (Å²) >= 11 is 1.76. The van der Waals surface area contributed by atoms with Crippen LogP contribution >= 0.6 is 11.3 Å². The van der Waals surface area contributed by atoms with Crippen molar-refractivity contribution < 1.29 is 4.74 Å². The molecule has 24 heavy (non-hydrogen) atoms. The van der Waals surface area contributed by atoms with E-state index in [0.717, 1.165) is 37.5 Å². The van der Waals surface area contributed by atoms with Gasteiger partial charge in [0.05, 0.1) is 0 Å². The molecule has 2 aromatic heterocycles. The number of hydrogen-bond acceptors (Lipinski definition) is 4. The van der Waals surface area contributed by atoms with Crippen LogP contribution in [0.4, 0.5) is 0 Å². The first-order chi connectivity index (χ1) is 11.8. The molecule has 0 amide bonds. The number of ether oxygens (including phenoxy) is 1. The van der Waals surface area contributed by atoms with Crippen LogP contribution in [0.15, 0.2) is 47.2 Å². The molecule has 1 N–H and O–H groups in total. The van der Waals surface area contributed by atoms with Crippen LogP contribution in [0.25, 0.3) is 0 Å². The molecule has 1 aliphatic heterocycles. The van der Waals surface area contributed by atoms with E-state index in [1.165, 1.54) is 16.8 Å². The summed E-state index contributed by atoms with van der Waals surface area (Å²) in [4.78, 5) is 2.48. The van der Waals surface area contributed by atoms with Gasteiger partial charge in [-0.15, -0.1) is 0 Å². The Hall–Kier alpha value is -2.11. The van der Waals surface area contributed by atoms with Crippen LogP contribution in [-0.4, -0.2) is 21.6 Å². The van der Waals surface area contributed by atoms with Crippen LogP contribution in [0, 0.1) is 0 Å². The van der Waals surface area contributed by atoms with Gasteiger partial charge in [0.2, 0.25) is 0 Å². The topological polar surface area (TPSA) is 41.1 Å². The molecule has 3 heterocycles. The van der Waals surface area contributed by atoms with Crippen molar-refractivity contribution in [1.29, 1.82) is 0 Å². The highest BCUT2D eigenvalue weighted by atomic mass is 32.1. The number of hydrogen-bond donors (Lipinski definition) is 1. The second-order valence-corrected chi connectivity index (χ2v) is 7.01. The fourth-order valence-electron chi connectivity index (χ4n) is 3.24. The number of para-hydroxylation sites is 1. The van der Waals surface area contributed by atoms with E-state index in [9.17, 15) is 0 Å². The summed E-state index contributed by atoms with van der Waals surface area (Å²) in [6, 6.07) is 12.2. The van der Waals surface area contributed by atoms with E-state index in [-0.39, 0.29) is 6.10 Å². The zero-order valence-electron chi connectivity index (χ0n) is 13.7. The molecule has 0 fully saturated rings. The first-order valence-corrected chi connectivity index (χ1v) is 9.25. The molecule has 0 spiro atoms. The van der Waals surface area contributed by atoms with Crippen LogP contribution in [0.1, 0.15) is 35.5 Å². The van der Waals surface area contributed by atoms with Gasteiger partial charge < -0.3 is 4.74 Å². The third-order valence-electron chi connectivity index (χ3n) is 4.47. The Balaban J connectivity index is 1.49. The first kappa shape index (κ1) is 15.4. The lowest BCUT2D eigenvalue weighted by atomic mass is 10.0. The molecule has 1 atom stereocenters. The van der Waals surface area contributed by atoms with Crippen LogP contribution in [0.3, 0.4) is 0 Å². The highest BCUT2D eigenvalue weighted by molar-refractivity contribution is 7.07. The van der Waals surface area contributed by atoms with Crippen molar-refractivity contribution in [3.8, 4) is 5.75 Å². The molecular weight excluding hydrogens is 318 g/mol. The summed E-state index contributed by atoms with van der Waals surface area (Å²) in [5.74, 6) is 0.882. The van der Waals surface area contributed by atoms with Crippen LogP contribution in [-0.2, 0) is 19.5 Å². The lowest BCUT2D eigenvalue weighted by molar-refractivity contribution is 0.211. The number of benzene rings is 1. The molecule has 0 radical (unpaired) electrons. The molecule has 1 aliphatic rings. The highest BCUT2D eigenvalue weighted by Gasteiger charge is 2.25. The molecule has 0 aliphatic carbocycles. The number of fused-ring (bicyclic) bond motifs is 1. The van der Waals surface area contributed by atoms with Crippen LogP contribution in [0.5, 0.6) is 5.75 Å². The van der Waals surface area contributed by atoms with Gasteiger partial charge in [0.25, 0.3) is 0 Å². The van der Waals surface area contributed by atoms with Gasteiger partial charge in [-0.05, 0) is 41.4 Å². The lowest BCUT2D eigenvalue weighted by Crippen LogP contribution is -2.30. The third-order valence-corrected chi connectivity index (χ3v) is 5.20. The summed E-state index contributed by atoms with van der Waals surface area (Å²) in [6.07, 6.45) is 0.957. The monoisotopic (exact) mass is 339 g/mol. The molecular formula is C19H21N3OS. The molecule has 0 bridgehead atoms. The maximum atomic E-state index is 6.07. The Labute approximate surface area is 146 Å². The summed E-state index contributed by atoms with van der Waals surface area (Å²) in [5, 5.41) is 12.1. The lowest BCUT2D eigenvalue weighted by Gasteiger charge is -2.27. The summed E-state index contributed by atoms with van der Waals surface area (Å²) in [6.45, 7) is 5.07. The van der Waals surface area contributed by atoms with Gasteiger partial charge in [0.1, 0.15) is 17.5 Å². The van der Waals surface area contributed by atoms with Crippen molar-refractivity contribution in [1.82, 2.24) is 15.1 Å². The Bertz CT molecular complexity index is 782. The van der Waals surface area contributed by atoms with E-state index in [1.807, 2.05) is 30.3 Å². The zero-order valence-corrected chi connectivity index (χ0v) is 14.6. The Morgan fingerprint density at radius 3 is 2.96 bits per heavy atom. The Morgan fingerprint density at radius 2 is 2.17 bits per heavy atom. The summed E-state index contributed by atoms with van der Waals surface area (Å²) in [5.41, 5.74) is 4.99. The molecule has 1 unspecified atom stereocenters. The molecule has 4 nitrogen and oxygen atoms in total. The van der Waals surface area contributed by atoms with Crippen LogP contribution < -0.4 is 4.74 Å². The molecule has 4 rings (SSSR count). The quantitative estimate of drug-likeness (QED) is 0.758. The van der Waals surface area contributed by atoms with Gasteiger partial charge >= 0.3 is 0 Å². The Morgan fingerprint density at radius 1 is 1.29 bits per heavy atom. The summed E-state index contributed by atoms with van der Waals surface area (Å²) < 4.78 is 6.07. The maximum absolute atomic E-state index is 6.07. The standard InChI is InChI=1S/C19H21N3OS/c1-14(23-16-5-3-2-4-6-16)19-17-12-22(9-7-18(17)20-21-19)11-15-8-10-24-13-15/h2-6,8,10,13-14H,7,9,11-12H2,1H3,(H,20,21). The first-order valence-electron chi connectivity index (χ1n) is 8.31. The highest BCUT2D eigenvalue weighted by Crippen LogP contribution is 2.28. The van der Waals surface area contributed by atoms with E-state index in [0.29, 0.717) is 0 Å². The van der Waals surface area contributed by atoms with Gasteiger partial charge in [-0.25, -0.2) is 0 Å². The largest absolute Gasteiger partial charge is 0.484 e. The maximum Gasteiger partial charge on any atom is 0.140 e. The smallest absolute Gasteiger partial charge is 0.140 e. The average molecular weight is 339 g/mol. The second-order valence-electron chi connectivity index (χ2n) is 6.23. The normalized spacial score (nSPS) is 15.9. The molecule has 124 valence electrons. The third kappa shape index (κ3) is 3.23. The van der Waals surface area contributed by atoms with Crippen molar-refractivity contribution in [3.63, 3.8) is 0 Å². The van der Waals surface area contributed by atoms with Crippen molar-refractivity contribution in [2.24, 2.45) is 0 Å². The van der Waals surface area contributed by atoms with E-state index in [2.05, 4.69) is 38.8 Å². The average Bonchev–Trinajstić information content (AvgIpc) is 3.25. The molecule has 1 aromatic carbocycles. The number of nitrogens with one attached hydrogen (secondary N) is 1. The minimum absolute atomic E-state index is 0.0616. The van der Waals surface area contributed by atoms with E-state index >= 15 is 0 Å². The summed E-state index contributed by atoms with van der Waals surface area (Å²) in [7, 11) is 0. The van der Waals surface area contributed by atoms with Crippen molar-refractivity contribution in [3.05, 3.63) is 69.7 Å². The molecule has 0 saturated heterocycles. The number of thiophene rings is 1. The van der Waals surface area contributed by atoms with Crippen LogP contribution in [0.2, 0.25) is 0 Å². The van der Waals surface area contributed by atoms with Gasteiger partial charge in [0, 0.05) is 37.3 Å². The zero-order chi connectivity index (χ0) is 16.4. The van der Waals surface area contributed by atoms with Gasteiger partial charge in [-0.1, -0.05) is 18.2 Å². The minimum Gasteiger partial charge on any atom is -0.484 e. The SMILES string of the molecule is CC(Oc1ccccc1)c1n[nH]c2c1CN(Cc1ccsc1)CC2. The fraction of sp³-hybridized carbons (Fsp3) is 0.316.